The molecule has 1 N–H and O–H groups in total. The Kier molecular flexibility index (Phi) is 6.87. The molecule has 0 bridgehead atoms. The van der Waals surface area contributed by atoms with Gasteiger partial charge in [0.2, 0.25) is 0 Å². The van der Waals surface area contributed by atoms with Crippen molar-refractivity contribution in [3.8, 4) is 5.75 Å². The van der Waals surface area contributed by atoms with Crippen molar-refractivity contribution >= 4 is 60.7 Å². The quantitative estimate of drug-likeness (QED) is 0.363. The predicted molar refractivity (Wildman–Crippen MR) is 116 cm³/mol. The van der Waals surface area contributed by atoms with Crippen LogP contribution in [0.4, 0.5) is 5.69 Å². The Morgan fingerprint density at radius 3 is 2.54 bits per heavy atom. The summed E-state index contributed by atoms with van der Waals surface area (Å²) in [6.45, 7) is 1.07. The third kappa shape index (κ3) is 5.40. The molecule has 0 aromatic heterocycles. The van der Waals surface area contributed by atoms with Gasteiger partial charge in [0.1, 0.15) is 12.4 Å². The molecule has 26 heavy (non-hydrogen) atoms. The zero-order chi connectivity index (χ0) is 18.5. The first-order valence-electron chi connectivity index (χ1n) is 7.86. The number of rotatable bonds is 6. The summed E-state index contributed by atoms with van der Waals surface area (Å²) in [6.07, 6.45) is 0. The molecule has 0 unspecified atom stereocenters. The molecule has 3 aromatic rings. The van der Waals surface area contributed by atoms with Crippen molar-refractivity contribution in [1.82, 2.24) is 0 Å². The Morgan fingerprint density at radius 2 is 1.77 bits per heavy atom. The molecule has 0 aliphatic rings. The number of nitrogens with one attached hydrogen (secondary N) is 1. The van der Waals surface area contributed by atoms with Gasteiger partial charge in [-0.1, -0.05) is 51.3 Å². The average Bonchev–Trinajstić information content (AvgIpc) is 2.62. The van der Waals surface area contributed by atoms with E-state index in [-0.39, 0.29) is 0 Å². The maximum absolute atomic E-state index is 6.15. The summed E-state index contributed by atoms with van der Waals surface area (Å²) >= 11 is 19.1. The van der Waals surface area contributed by atoms with Crippen LogP contribution in [-0.2, 0) is 13.2 Å². The molecular formula is C20H15Br2Cl2NO. The van der Waals surface area contributed by atoms with Crippen molar-refractivity contribution in [2.24, 2.45) is 0 Å². The van der Waals surface area contributed by atoms with E-state index in [4.69, 9.17) is 27.9 Å². The maximum atomic E-state index is 6.15. The molecule has 0 radical (unpaired) electrons. The van der Waals surface area contributed by atoms with E-state index in [0.717, 1.165) is 31.5 Å². The zero-order valence-corrected chi connectivity index (χ0v) is 18.3. The van der Waals surface area contributed by atoms with E-state index >= 15 is 0 Å². The Balaban J connectivity index is 1.71. The van der Waals surface area contributed by atoms with Gasteiger partial charge in [0, 0.05) is 31.8 Å². The molecule has 0 spiro atoms. The minimum atomic E-state index is 0.458. The molecule has 0 atom stereocenters. The molecule has 0 aliphatic carbocycles. The molecule has 6 heteroatoms. The van der Waals surface area contributed by atoms with Crippen molar-refractivity contribution in [1.29, 1.82) is 0 Å². The standard InChI is InChI=1S/C20H15Br2Cl2NO/c21-15-4-7-20(26-12-13-2-1-3-16(23)8-13)14(9-15)11-25-17-5-6-18(22)19(24)10-17/h1-10,25H,11-12H2. The fourth-order valence-electron chi connectivity index (χ4n) is 2.42. The maximum Gasteiger partial charge on any atom is 0.124 e. The fraction of sp³-hybridized carbons (Fsp3) is 0.100. The summed E-state index contributed by atoms with van der Waals surface area (Å²) < 4.78 is 7.88. The number of halogens is 4. The van der Waals surface area contributed by atoms with Gasteiger partial charge in [-0.2, -0.15) is 0 Å². The highest BCUT2D eigenvalue weighted by Gasteiger charge is 2.07. The second-order valence-corrected chi connectivity index (χ2v) is 8.27. The van der Waals surface area contributed by atoms with E-state index < -0.39 is 0 Å². The first-order valence-corrected chi connectivity index (χ1v) is 10.2. The third-order valence-electron chi connectivity index (χ3n) is 3.71. The highest BCUT2D eigenvalue weighted by atomic mass is 79.9. The number of benzene rings is 3. The molecular weight excluding hydrogens is 501 g/mol. The van der Waals surface area contributed by atoms with E-state index in [1.807, 2.05) is 60.7 Å². The summed E-state index contributed by atoms with van der Waals surface area (Å²) in [5, 5.41) is 4.75. The fourth-order valence-corrected chi connectivity index (χ4v) is 3.47. The van der Waals surface area contributed by atoms with Crippen LogP contribution >= 0.6 is 55.1 Å². The number of hydrogen-bond acceptors (Lipinski definition) is 2. The normalized spacial score (nSPS) is 10.6. The molecule has 2 nitrogen and oxygen atoms in total. The first-order chi connectivity index (χ1) is 12.5. The van der Waals surface area contributed by atoms with E-state index in [1.54, 1.807) is 0 Å². The van der Waals surface area contributed by atoms with E-state index in [2.05, 4.69) is 37.2 Å². The highest BCUT2D eigenvalue weighted by molar-refractivity contribution is 9.10. The van der Waals surface area contributed by atoms with E-state index in [9.17, 15) is 0 Å². The lowest BCUT2D eigenvalue weighted by molar-refractivity contribution is 0.303. The van der Waals surface area contributed by atoms with Crippen LogP contribution in [0.1, 0.15) is 11.1 Å². The van der Waals surface area contributed by atoms with Crippen LogP contribution in [-0.4, -0.2) is 0 Å². The van der Waals surface area contributed by atoms with Crippen molar-refractivity contribution in [2.75, 3.05) is 5.32 Å². The number of ether oxygens (including phenoxy) is 1. The molecule has 0 saturated carbocycles. The lowest BCUT2D eigenvalue weighted by Crippen LogP contribution is -2.04. The Bertz CT molecular complexity index is 918. The monoisotopic (exact) mass is 513 g/mol. The number of anilines is 1. The minimum absolute atomic E-state index is 0.458. The van der Waals surface area contributed by atoms with E-state index in [0.29, 0.717) is 23.2 Å². The lowest BCUT2D eigenvalue weighted by Gasteiger charge is -2.14. The van der Waals surface area contributed by atoms with Crippen molar-refractivity contribution in [3.63, 3.8) is 0 Å². The van der Waals surface area contributed by atoms with Gasteiger partial charge in [0.15, 0.2) is 0 Å². The number of hydrogen-bond donors (Lipinski definition) is 1. The molecule has 0 heterocycles. The molecule has 0 aliphatic heterocycles. The van der Waals surface area contributed by atoms with Crippen LogP contribution < -0.4 is 10.1 Å². The van der Waals surface area contributed by atoms with Gasteiger partial charge in [0.25, 0.3) is 0 Å². The van der Waals surface area contributed by atoms with Crippen LogP contribution in [0.5, 0.6) is 5.75 Å². The molecule has 0 fully saturated rings. The molecule has 3 rings (SSSR count). The van der Waals surface area contributed by atoms with Gasteiger partial charge in [-0.25, -0.2) is 0 Å². The summed E-state index contributed by atoms with van der Waals surface area (Å²) in [7, 11) is 0. The largest absolute Gasteiger partial charge is 0.489 e. The van der Waals surface area contributed by atoms with Crippen LogP contribution in [0.3, 0.4) is 0 Å². The molecule has 0 saturated heterocycles. The van der Waals surface area contributed by atoms with Crippen molar-refractivity contribution < 1.29 is 4.74 Å². The zero-order valence-electron chi connectivity index (χ0n) is 13.6. The Hall–Kier alpha value is -1.20. The second kappa shape index (κ2) is 9.14. The van der Waals surface area contributed by atoms with Gasteiger partial charge >= 0.3 is 0 Å². The minimum Gasteiger partial charge on any atom is -0.489 e. The second-order valence-electron chi connectivity index (χ2n) is 5.65. The van der Waals surface area contributed by atoms with Crippen LogP contribution in [0.2, 0.25) is 10.0 Å². The first kappa shape index (κ1) is 19.6. The van der Waals surface area contributed by atoms with Gasteiger partial charge in [-0.3, -0.25) is 0 Å². The smallest absolute Gasteiger partial charge is 0.124 e. The van der Waals surface area contributed by atoms with Gasteiger partial charge in [-0.05, 0) is 70.0 Å². The highest BCUT2D eigenvalue weighted by Crippen LogP contribution is 2.28. The predicted octanol–water partition coefficient (Wildman–Crippen LogP) is 7.71. The summed E-state index contributed by atoms with van der Waals surface area (Å²) in [6, 6.07) is 19.4. The molecule has 3 aromatic carbocycles. The lowest BCUT2D eigenvalue weighted by atomic mass is 10.2. The Morgan fingerprint density at radius 1 is 0.923 bits per heavy atom. The van der Waals surface area contributed by atoms with Crippen molar-refractivity contribution in [3.05, 3.63) is 90.8 Å². The molecule has 134 valence electrons. The molecule has 0 amide bonds. The van der Waals surface area contributed by atoms with E-state index in [1.165, 1.54) is 0 Å². The topological polar surface area (TPSA) is 21.3 Å². The Labute approximate surface area is 179 Å². The van der Waals surface area contributed by atoms with Gasteiger partial charge < -0.3 is 10.1 Å². The van der Waals surface area contributed by atoms with Crippen LogP contribution in [0.25, 0.3) is 0 Å². The third-order valence-corrected chi connectivity index (χ3v) is 5.67. The average molecular weight is 516 g/mol. The summed E-state index contributed by atoms with van der Waals surface area (Å²) in [5.41, 5.74) is 3.01. The van der Waals surface area contributed by atoms with Crippen LogP contribution in [0, 0.1) is 0 Å². The van der Waals surface area contributed by atoms with Gasteiger partial charge in [-0.15, -0.1) is 0 Å². The SMILES string of the molecule is Clc1cccc(COc2ccc(Br)cc2CNc2ccc(Br)c(Cl)c2)c1. The van der Waals surface area contributed by atoms with Crippen LogP contribution in [0.15, 0.2) is 69.6 Å². The summed E-state index contributed by atoms with van der Waals surface area (Å²) in [5.74, 6) is 0.823. The summed E-state index contributed by atoms with van der Waals surface area (Å²) in [4.78, 5) is 0. The van der Waals surface area contributed by atoms with Gasteiger partial charge in [0.05, 0.1) is 5.02 Å². The van der Waals surface area contributed by atoms with Crippen molar-refractivity contribution in [2.45, 2.75) is 13.2 Å².